The summed E-state index contributed by atoms with van der Waals surface area (Å²) in [5.74, 6) is 0. The van der Waals surface area contributed by atoms with Gasteiger partial charge in [0, 0.05) is 62.3 Å². The summed E-state index contributed by atoms with van der Waals surface area (Å²) in [6, 6.07) is 20.5. The van der Waals surface area contributed by atoms with Crippen molar-refractivity contribution in [3.8, 4) is 41.8 Å². The number of fused-ring (bicyclic) bond motifs is 2. The Morgan fingerprint density at radius 2 is 0.950 bits per heavy atom. The van der Waals surface area contributed by atoms with Crippen LogP contribution in [0.1, 0.15) is 23.6 Å². The van der Waals surface area contributed by atoms with Crippen LogP contribution < -0.4 is 10.9 Å². The molecule has 2 nitrogen and oxygen atoms in total. The second kappa shape index (κ2) is 10.3. The fourth-order valence-electron chi connectivity index (χ4n) is 5.44. The molecular formula is C32H20Br2O2S4. The van der Waals surface area contributed by atoms with E-state index in [9.17, 15) is 9.59 Å². The Morgan fingerprint density at radius 3 is 1.27 bits per heavy atom. The number of rotatable bonds is 6. The van der Waals surface area contributed by atoms with Crippen LogP contribution in [0.15, 0.2) is 77.8 Å². The van der Waals surface area contributed by atoms with Gasteiger partial charge in [0.1, 0.15) is 0 Å². The van der Waals surface area contributed by atoms with Gasteiger partial charge >= 0.3 is 0 Å². The van der Waals surface area contributed by atoms with Gasteiger partial charge in [-0.2, -0.15) is 0 Å². The molecule has 198 valence electrons. The van der Waals surface area contributed by atoms with E-state index in [-0.39, 0.29) is 10.9 Å². The fraction of sp³-hybridized carbons (Fsp3) is 0.125. The van der Waals surface area contributed by atoms with Crippen LogP contribution in [0.3, 0.4) is 0 Å². The Labute approximate surface area is 263 Å². The maximum atomic E-state index is 14.4. The number of halogens is 2. The van der Waals surface area contributed by atoms with Crippen LogP contribution in [0.2, 0.25) is 0 Å². The lowest BCUT2D eigenvalue weighted by Gasteiger charge is -2.09. The molecule has 3 aromatic carbocycles. The molecule has 0 aliphatic carbocycles. The molecule has 0 bridgehead atoms. The maximum absolute atomic E-state index is 14.4. The minimum absolute atomic E-state index is 0.0254. The summed E-state index contributed by atoms with van der Waals surface area (Å²) >= 11 is 13.8. The van der Waals surface area contributed by atoms with E-state index in [2.05, 4.69) is 70.0 Å². The maximum Gasteiger partial charge on any atom is 0.195 e. The van der Waals surface area contributed by atoms with Crippen LogP contribution in [0.4, 0.5) is 0 Å². The molecule has 7 aromatic rings. The predicted octanol–water partition coefficient (Wildman–Crippen LogP) is 11.2. The standard InChI is InChI=1S/C32H20Br2O2S4/c1-3-15-5-7-21(37-15)17-13-19-27(23-9-11-25(33)39-23)30-20(14-18(32(30)36)22-8-6-16(4-2)38-22)28(29(19)31(17)35)24-10-12-26(34)40-24/h5-14H,3-4H2,1-2H3. The summed E-state index contributed by atoms with van der Waals surface area (Å²) in [5, 5.41) is 3.09. The molecule has 0 aliphatic rings. The van der Waals surface area contributed by atoms with Gasteiger partial charge in [-0.1, -0.05) is 13.8 Å². The van der Waals surface area contributed by atoms with Gasteiger partial charge in [0.2, 0.25) is 0 Å². The van der Waals surface area contributed by atoms with Crippen molar-refractivity contribution in [1.82, 2.24) is 0 Å². The summed E-state index contributed by atoms with van der Waals surface area (Å²) in [5.41, 5.74) is 3.19. The molecule has 4 aromatic heterocycles. The van der Waals surface area contributed by atoms with Crippen LogP contribution in [0, 0.1) is 0 Å². The molecule has 0 atom stereocenters. The van der Waals surface area contributed by atoms with Crippen LogP contribution in [-0.4, -0.2) is 0 Å². The van der Waals surface area contributed by atoms with E-state index < -0.39 is 0 Å². The molecule has 0 unspecified atom stereocenters. The van der Waals surface area contributed by atoms with E-state index >= 15 is 0 Å². The monoisotopic (exact) mass is 722 g/mol. The van der Waals surface area contributed by atoms with Crippen LogP contribution in [0.5, 0.6) is 0 Å². The highest BCUT2D eigenvalue weighted by molar-refractivity contribution is 9.11. The summed E-state index contributed by atoms with van der Waals surface area (Å²) < 4.78 is 1.97. The first-order valence-corrected chi connectivity index (χ1v) is 17.7. The molecule has 40 heavy (non-hydrogen) atoms. The minimum atomic E-state index is 0.0254. The van der Waals surface area contributed by atoms with Crippen LogP contribution in [0.25, 0.3) is 63.3 Å². The van der Waals surface area contributed by atoms with Gasteiger partial charge in [0.05, 0.1) is 7.57 Å². The fourth-order valence-corrected chi connectivity index (χ4v) is 10.3. The van der Waals surface area contributed by atoms with E-state index in [4.69, 9.17) is 0 Å². The molecule has 0 fully saturated rings. The van der Waals surface area contributed by atoms with Gasteiger partial charge in [-0.3, -0.25) is 9.59 Å². The zero-order valence-corrected chi connectivity index (χ0v) is 27.8. The Morgan fingerprint density at radius 1 is 0.550 bits per heavy atom. The number of hydrogen-bond acceptors (Lipinski definition) is 6. The van der Waals surface area contributed by atoms with Crippen molar-refractivity contribution in [2.75, 3.05) is 0 Å². The highest BCUT2D eigenvalue weighted by atomic mass is 79.9. The van der Waals surface area contributed by atoms with Gasteiger partial charge in [-0.15, -0.1) is 45.3 Å². The smallest absolute Gasteiger partial charge is 0.195 e. The van der Waals surface area contributed by atoms with Gasteiger partial charge in [-0.25, -0.2) is 0 Å². The van der Waals surface area contributed by atoms with E-state index in [1.165, 1.54) is 9.75 Å². The minimum Gasteiger partial charge on any atom is -0.289 e. The number of benzene rings is 1. The zero-order valence-electron chi connectivity index (χ0n) is 21.4. The molecular weight excluding hydrogens is 704 g/mol. The van der Waals surface area contributed by atoms with Crippen molar-refractivity contribution in [1.29, 1.82) is 0 Å². The first kappa shape index (κ1) is 26.7. The summed E-state index contributed by atoms with van der Waals surface area (Å²) in [7, 11) is 0. The van der Waals surface area contributed by atoms with Crippen molar-refractivity contribution >= 4 is 98.8 Å². The molecule has 0 N–H and O–H groups in total. The van der Waals surface area contributed by atoms with Gasteiger partial charge in [-0.05, 0) is 116 Å². The molecule has 0 aliphatic heterocycles. The lowest BCUT2D eigenvalue weighted by atomic mass is 9.95. The van der Waals surface area contributed by atoms with E-state index in [0.717, 1.165) is 61.8 Å². The largest absolute Gasteiger partial charge is 0.289 e. The molecule has 4 heterocycles. The first-order chi connectivity index (χ1) is 19.4. The van der Waals surface area contributed by atoms with E-state index in [0.29, 0.717) is 21.9 Å². The Hall–Kier alpha value is -2.20. The van der Waals surface area contributed by atoms with Crippen molar-refractivity contribution in [3.63, 3.8) is 0 Å². The average Bonchev–Trinajstić information content (AvgIpc) is 3.78. The topological polar surface area (TPSA) is 34.1 Å². The van der Waals surface area contributed by atoms with E-state index in [1.54, 1.807) is 45.3 Å². The summed E-state index contributed by atoms with van der Waals surface area (Å²) in [6.45, 7) is 4.26. The lowest BCUT2D eigenvalue weighted by Crippen LogP contribution is -2.02. The molecule has 0 spiro atoms. The Balaban J connectivity index is 1.68. The third-order valence-electron chi connectivity index (χ3n) is 7.29. The van der Waals surface area contributed by atoms with Crippen molar-refractivity contribution < 1.29 is 0 Å². The summed E-state index contributed by atoms with van der Waals surface area (Å²) in [4.78, 5) is 35.2. The van der Waals surface area contributed by atoms with Crippen molar-refractivity contribution in [3.05, 3.63) is 98.4 Å². The second-order valence-electron chi connectivity index (χ2n) is 9.55. The SMILES string of the molecule is CCc1ccc(-c2cc3c(-c4ccc(Br)s4)c4c(=O)c(-c5ccc(CC)s5)cc4c(-c4ccc(Br)s4)c3c2=O)s1. The van der Waals surface area contributed by atoms with Gasteiger partial charge in [0.25, 0.3) is 0 Å². The number of thiophene rings is 4. The van der Waals surface area contributed by atoms with Crippen molar-refractivity contribution in [2.24, 2.45) is 0 Å². The van der Waals surface area contributed by atoms with Gasteiger partial charge < -0.3 is 0 Å². The average molecular weight is 725 g/mol. The summed E-state index contributed by atoms with van der Waals surface area (Å²) in [6.07, 6.45) is 1.86. The van der Waals surface area contributed by atoms with Crippen LogP contribution in [-0.2, 0) is 12.8 Å². The molecule has 0 radical (unpaired) electrons. The normalized spacial score (nSPS) is 11.9. The predicted molar refractivity (Wildman–Crippen MR) is 184 cm³/mol. The first-order valence-electron chi connectivity index (χ1n) is 12.8. The molecule has 7 rings (SSSR count). The zero-order chi connectivity index (χ0) is 27.7. The molecule has 0 saturated carbocycles. The Bertz CT molecular complexity index is 2010. The lowest BCUT2D eigenvalue weighted by molar-refractivity contribution is 1.19. The quantitative estimate of drug-likeness (QED) is 0.171. The second-order valence-corrected chi connectivity index (χ2v) is 16.8. The van der Waals surface area contributed by atoms with Crippen molar-refractivity contribution in [2.45, 2.75) is 26.7 Å². The molecule has 0 amide bonds. The number of hydrogen-bond donors (Lipinski definition) is 0. The highest BCUT2D eigenvalue weighted by Gasteiger charge is 2.28. The molecule has 8 heteroatoms. The molecule has 0 saturated heterocycles. The highest BCUT2D eigenvalue weighted by Crippen LogP contribution is 2.49. The third-order valence-corrected chi connectivity index (χ3v) is 13.1. The Kier molecular flexibility index (Phi) is 6.84. The van der Waals surface area contributed by atoms with Crippen LogP contribution >= 0.6 is 77.2 Å². The van der Waals surface area contributed by atoms with Gasteiger partial charge in [0.15, 0.2) is 10.9 Å². The third kappa shape index (κ3) is 4.18. The van der Waals surface area contributed by atoms with E-state index in [1.807, 2.05) is 36.4 Å². The number of aryl methyl sites for hydroxylation is 2.